The molecule has 1 fully saturated rings. The molecule has 0 saturated heterocycles. The Balaban J connectivity index is 1.84. The number of hydrogen-bond donors (Lipinski definition) is 1. The van der Waals surface area contributed by atoms with Gasteiger partial charge in [-0.15, -0.1) is 0 Å². The first-order valence-corrected chi connectivity index (χ1v) is 7.95. The molecule has 2 atom stereocenters. The topological polar surface area (TPSA) is 24.9 Å². The van der Waals surface area contributed by atoms with Gasteiger partial charge in [0, 0.05) is 17.6 Å². The lowest BCUT2D eigenvalue weighted by molar-refractivity contribution is 0.449. The number of benzene rings is 1. The Kier molecular flexibility index (Phi) is 4.31. The minimum absolute atomic E-state index is 0.687. The quantitative estimate of drug-likeness (QED) is 0.841. The van der Waals surface area contributed by atoms with E-state index in [-0.39, 0.29) is 0 Å². The molecule has 1 N–H and O–H groups in total. The molecule has 1 aromatic heterocycles. The zero-order valence-electron chi connectivity index (χ0n) is 12.3. The van der Waals surface area contributed by atoms with Gasteiger partial charge in [-0.05, 0) is 49.4 Å². The first kappa shape index (κ1) is 13.6. The SMILES string of the molecule is CCNC1CCCCC(c2ccc3cccnc3c2)C1. The Hall–Kier alpha value is -1.41. The average Bonchev–Trinajstić information content (AvgIpc) is 2.73. The van der Waals surface area contributed by atoms with Crippen LogP contribution >= 0.6 is 0 Å². The molecule has 0 amide bonds. The van der Waals surface area contributed by atoms with Crippen molar-refractivity contribution < 1.29 is 0 Å². The highest BCUT2D eigenvalue weighted by atomic mass is 14.9. The van der Waals surface area contributed by atoms with E-state index in [2.05, 4.69) is 41.5 Å². The van der Waals surface area contributed by atoms with Gasteiger partial charge >= 0.3 is 0 Å². The lowest BCUT2D eigenvalue weighted by Gasteiger charge is -2.21. The van der Waals surface area contributed by atoms with Gasteiger partial charge in [0.1, 0.15) is 0 Å². The van der Waals surface area contributed by atoms with Crippen molar-refractivity contribution in [1.82, 2.24) is 10.3 Å². The smallest absolute Gasteiger partial charge is 0.0704 e. The molecule has 1 heterocycles. The highest BCUT2D eigenvalue weighted by Crippen LogP contribution is 2.33. The van der Waals surface area contributed by atoms with E-state index in [1.165, 1.54) is 43.1 Å². The molecule has 2 unspecified atom stereocenters. The van der Waals surface area contributed by atoms with Gasteiger partial charge in [-0.25, -0.2) is 0 Å². The van der Waals surface area contributed by atoms with Crippen LogP contribution in [0, 0.1) is 0 Å². The van der Waals surface area contributed by atoms with Gasteiger partial charge in [0.15, 0.2) is 0 Å². The van der Waals surface area contributed by atoms with Crippen molar-refractivity contribution in [3.8, 4) is 0 Å². The van der Waals surface area contributed by atoms with E-state index < -0.39 is 0 Å². The second-order valence-corrected chi connectivity index (χ2v) is 5.93. The zero-order chi connectivity index (χ0) is 13.8. The molecule has 0 bridgehead atoms. The van der Waals surface area contributed by atoms with Crippen LogP contribution in [-0.4, -0.2) is 17.6 Å². The molecule has 0 radical (unpaired) electrons. The molecule has 1 aliphatic carbocycles. The van der Waals surface area contributed by atoms with Crippen molar-refractivity contribution in [2.45, 2.75) is 51.0 Å². The Morgan fingerprint density at radius 1 is 1.20 bits per heavy atom. The summed E-state index contributed by atoms with van der Waals surface area (Å²) in [6, 6.07) is 11.7. The Morgan fingerprint density at radius 2 is 2.10 bits per heavy atom. The molecule has 0 aliphatic heterocycles. The Morgan fingerprint density at radius 3 is 3.00 bits per heavy atom. The van der Waals surface area contributed by atoms with Gasteiger partial charge in [-0.1, -0.05) is 38.0 Å². The highest BCUT2D eigenvalue weighted by molar-refractivity contribution is 5.79. The van der Waals surface area contributed by atoms with Crippen molar-refractivity contribution in [3.63, 3.8) is 0 Å². The van der Waals surface area contributed by atoms with Crippen LogP contribution in [0.15, 0.2) is 36.5 Å². The van der Waals surface area contributed by atoms with E-state index in [1.807, 2.05) is 12.3 Å². The normalized spacial score (nSPS) is 23.6. The lowest BCUT2D eigenvalue weighted by atomic mass is 9.89. The summed E-state index contributed by atoms with van der Waals surface area (Å²) < 4.78 is 0. The van der Waals surface area contributed by atoms with E-state index in [9.17, 15) is 0 Å². The summed E-state index contributed by atoms with van der Waals surface area (Å²) in [5.41, 5.74) is 2.61. The molecule has 2 aromatic rings. The maximum atomic E-state index is 4.50. The summed E-state index contributed by atoms with van der Waals surface area (Å²) in [5.74, 6) is 0.688. The standard InChI is InChI=1S/C18H24N2/c1-2-19-17-8-4-3-6-15(12-17)16-10-9-14-7-5-11-20-18(14)13-16/h5,7,9-11,13,15,17,19H,2-4,6,8,12H2,1H3. The van der Waals surface area contributed by atoms with Gasteiger partial charge in [0.05, 0.1) is 5.52 Å². The van der Waals surface area contributed by atoms with Crippen molar-refractivity contribution in [2.75, 3.05) is 6.54 Å². The highest BCUT2D eigenvalue weighted by Gasteiger charge is 2.21. The van der Waals surface area contributed by atoms with Crippen molar-refractivity contribution >= 4 is 10.9 Å². The first-order valence-electron chi connectivity index (χ1n) is 7.95. The maximum Gasteiger partial charge on any atom is 0.0704 e. The van der Waals surface area contributed by atoms with Crippen LogP contribution in [0.25, 0.3) is 10.9 Å². The Bertz CT molecular complexity index is 564. The number of aromatic nitrogens is 1. The first-order chi connectivity index (χ1) is 9.86. The lowest BCUT2D eigenvalue weighted by Crippen LogP contribution is -2.29. The number of nitrogens with zero attached hydrogens (tertiary/aromatic N) is 1. The fraction of sp³-hybridized carbons (Fsp3) is 0.500. The predicted octanol–water partition coefficient (Wildman–Crippen LogP) is 4.26. The van der Waals surface area contributed by atoms with Crippen molar-refractivity contribution in [2.24, 2.45) is 0 Å². The molecule has 1 saturated carbocycles. The maximum absolute atomic E-state index is 4.50. The number of hydrogen-bond acceptors (Lipinski definition) is 2. The summed E-state index contributed by atoms with van der Waals surface area (Å²) in [4.78, 5) is 4.50. The second kappa shape index (κ2) is 6.36. The molecule has 1 aromatic carbocycles. The predicted molar refractivity (Wildman–Crippen MR) is 85.0 cm³/mol. The molecule has 2 heteroatoms. The Labute approximate surface area is 121 Å². The minimum atomic E-state index is 0.687. The molecule has 2 nitrogen and oxygen atoms in total. The number of fused-ring (bicyclic) bond motifs is 1. The van der Waals surface area contributed by atoms with Gasteiger partial charge in [0.25, 0.3) is 0 Å². The molecular formula is C18H24N2. The van der Waals surface area contributed by atoms with E-state index in [4.69, 9.17) is 0 Å². The molecule has 106 valence electrons. The third-order valence-electron chi connectivity index (χ3n) is 4.52. The minimum Gasteiger partial charge on any atom is -0.314 e. The molecule has 3 rings (SSSR count). The number of nitrogens with one attached hydrogen (secondary N) is 1. The van der Waals surface area contributed by atoms with Crippen LogP contribution in [0.3, 0.4) is 0 Å². The summed E-state index contributed by atoms with van der Waals surface area (Å²) in [6.45, 7) is 3.29. The molecule has 1 aliphatic rings. The van der Waals surface area contributed by atoms with Crippen molar-refractivity contribution in [1.29, 1.82) is 0 Å². The second-order valence-electron chi connectivity index (χ2n) is 5.93. The largest absolute Gasteiger partial charge is 0.314 e. The third-order valence-corrected chi connectivity index (χ3v) is 4.52. The van der Waals surface area contributed by atoms with Crippen LogP contribution < -0.4 is 5.32 Å². The molecule has 20 heavy (non-hydrogen) atoms. The average molecular weight is 268 g/mol. The van der Waals surface area contributed by atoms with E-state index >= 15 is 0 Å². The van der Waals surface area contributed by atoms with Crippen LogP contribution in [-0.2, 0) is 0 Å². The number of pyridine rings is 1. The van der Waals surface area contributed by atoms with Crippen LogP contribution in [0.4, 0.5) is 0 Å². The molecule has 0 spiro atoms. The van der Waals surface area contributed by atoms with Gasteiger partial charge in [-0.2, -0.15) is 0 Å². The van der Waals surface area contributed by atoms with E-state index in [0.717, 1.165) is 12.1 Å². The fourth-order valence-corrected chi connectivity index (χ4v) is 3.47. The summed E-state index contributed by atoms with van der Waals surface area (Å²) in [6.07, 6.45) is 8.52. The van der Waals surface area contributed by atoms with Crippen molar-refractivity contribution in [3.05, 3.63) is 42.1 Å². The van der Waals surface area contributed by atoms with Crippen LogP contribution in [0.1, 0.15) is 50.5 Å². The van der Waals surface area contributed by atoms with E-state index in [1.54, 1.807) is 0 Å². The van der Waals surface area contributed by atoms with Crippen LogP contribution in [0.5, 0.6) is 0 Å². The molecular weight excluding hydrogens is 244 g/mol. The zero-order valence-corrected chi connectivity index (χ0v) is 12.3. The van der Waals surface area contributed by atoms with Gasteiger partial charge in [0.2, 0.25) is 0 Å². The van der Waals surface area contributed by atoms with Gasteiger partial charge < -0.3 is 5.32 Å². The monoisotopic (exact) mass is 268 g/mol. The summed E-state index contributed by atoms with van der Waals surface area (Å²) >= 11 is 0. The van der Waals surface area contributed by atoms with Gasteiger partial charge in [-0.3, -0.25) is 4.98 Å². The van der Waals surface area contributed by atoms with E-state index in [0.29, 0.717) is 12.0 Å². The number of rotatable bonds is 3. The third kappa shape index (κ3) is 3.01. The fourth-order valence-electron chi connectivity index (χ4n) is 3.47. The summed E-state index contributed by atoms with van der Waals surface area (Å²) in [7, 11) is 0. The summed E-state index contributed by atoms with van der Waals surface area (Å²) in [5, 5.41) is 4.89. The van der Waals surface area contributed by atoms with Crippen LogP contribution in [0.2, 0.25) is 0 Å².